The second-order valence-corrected chi connectivity index (χ2v) is 4.80. The van der Waals surface area contributed by atoms with Crippen LogP contribution in [0.25, 0.3) is 0 Å². The van der Waals surface area contributed by atoms with E-state index in [-0.39, 0.29) is 11.1 Å². The lowest BCUT2D eigenvalue weighted by Crippen LogP contribution is -2.13. The van der Waals surface area contributed by atoms with Crippen LogP contribution in [0.5, 0.6) is 0 Å². The molecule has 0 radical (unpaired) electrons. The summed E-state index contributed by atoms with van der Waals surface area (Å²) in [6.07, 6.45) is 0.713. The molecule has 0 bridgehead atoms. The predicted molar refractivity (Wildman–Crippen MR) is 66.4 cm³/mol. The van der Waals surface area contributed by atoms with Crippen molar-refractivity contribution >= 4 is 22.9 Å². The lowest BCUT2D eigenvalue weighted by molar-refractivity contribution is 0.619. The highest BCUT2D eigenvalue weighted by Crippen LogP contribution is 2.22. The Kier molecular flexibility index (Phi) is 3.59. The first-order valence-corrected chi connectivity index (χ1v) is 6.20. The highest BCUT2D eigenvalue weighted by molar-refractivity contribution is 7.07. The molecule has 0 fully saturated rings. The van der Waals surface area contributed by atoms with E-state index in [1.165, 1.54) is 11.6 Å². The van der Waals surface area contributed by atoms with Crippen LogP contribution >= 0.6 is 22.9 Å². The Morgan fingerprint density at radius 1 is 1.38 bits per heavy atom. The summed E-state index contributed by atoms with van der Waals surface area (Å²) >= 11 is 7.25. The topological polar surface area (TPSA) is 26.0 Å². The third-order valence-corrected chi connectivity index (χ3v) is 3.45. The van der Waals surface area contributed by atoms with E-state index in [0.29, 0.717) is 6.42 Å². The number of hydrogen-bond donors (Lipinski definition) is 1. The fraction of sp³-hybridized carbons (Fsp3) is 0.167. The molecule has 0 aliphatic carbocycles. The maximum atomic E-state index is 13.2. The molecule has 1 nitrogen and oxygen atoms in total. The molecule has 1 heterocycles. The smallest absolute Gasteiger partial charge is 0.142 e. The van der Waals surface area contributed by atoms with Crippen molar-refractivity contribution in [1.29, 1.82) is 0 Å². The molecular weight excluding hydrogens is 245 g/mol. The molecule has 84 valence electrons. The molecule has 0 aliphatic rings. The van der Waals surface area contributed by atoms with Crippen LogP contribution in [0.3, 0.4) is 0 Å². The first kappa shape index (κ1) is 11.6. The Morgan fingerprint density at radius 2 is 2.19 bits per heavy atom. The van der Waals surface area contributed by atoms with Gasteiger partial charge in [-0.3, -0.25) is 0 Å². The van der Waals surface area contributed by atoms with Crippen LogP contribution in [0.15, 0.2) is 35.0 Å². The van der Waals surface area contributed by atoms with Crippen LogP contribution in [-0.4, -0.2) is 0 Å². The van der Waals surface area contributed by atoms with Gasteiger partial charge in [-0.05, 0) is 46.5 Å². The summed E-state index contributed by atoms with van der Waals surface area (Å²) in [7, 11) is 0. The van der Waals surface area contributed by atoms with E-state index in [1.54, 1.807) is 23.5 Å². The van der Waals surface area contributed by atoms with E-state index in [1.807, 2.05) is 16.8 Å². The lowest BCUT2D eigenvalue weighted by Gasteiger charge is -2.11. The normalized spacial score (nSPS) is 12.7. The standard InChI is InChI=1S/C12H11ClFNS/c13-10-2-1-9(6-11(10)14)12(15)5-8-3-4-16-7-8/h1-4,6-7,12H,5,15H2. The van der Waals surface area contributed by atoms with E-state index in [2.05, 4.69) is 0 Å². The van der Waals surface area contributed by atoms with Gasteiger partial charge in [0, 0.05) is 6.04 Å². The van der Waals surface area contributed by atoms with Crippen LogP contribution < -0.4 is 5.73 Å². The SMILES string of the molecule is NC(Cc1ccsc1)c1ccc(Cl)c(F)c1. The van der Waals surface area contributed by atoms with Crippen LogP contribution in [0, 0.1) is 5.82 Å². The summed E-state index contributed by atoms with van der Waals surface area (Å²) in [6.45, 7) is 0. The minimum atomic E-state index is -0.417. The predicted octanol–water partition coefficient (Wildman–Crippen LogP) is 3.78. The van der Waals surface area contributed by atoms with Crippen molar-refractivity contribution in [2.45, 2.75) is 12.5 Å². The number of thiophene rings is 1. The summed E-state index contributed by atoms with van der Waals surface area (Å²) in [4.78, 5) is 0. The second-order valence-electron chi connectivity index (χ2n) is 3.62. The molecule has 1 aromatic heterocycles. The number of benzene rings is 1. The average Bonchev–Trinajstić information content (AvgIpc) is 2.74. The van der Waals surface area contributed by atoms with Gasteiger partial charge in [-0.25, -0.2) is 4.39 Å². The molecule has 0 spiro atoms. The Morgan fingerprint density at radius 3 is 2.81 bits per heavy atom. The molecule has 0 amide bonds. The fourth-order valence-corrected chi connectivity index (χ4v) is 2.32. The molecule has 2 N–H and O–H groups in total. The number of halogens is 2. The highest BCUT2D eigenvalue weighted by atomic mass is 35.5. The van der Waals surface area contributed by atoms with Gasteiger partial charge in [0.1, 0.15) is 5.82 Å². The number of nitrogens with two attached hydrogens (primary N) is 1. The quantitative estimate of drug-likeness (QED) is 0.887. The van der Waals surface area contributed by atoms with E-state index in [0.717, 1.165) is 5.56 Å². The number of hydrogen-bond acceptors (Lipinski definition) is 2. The Balaban J connectivity index is 2.14. The monoisotopic (exact) mass is 255 g/mol. The largest absolute Gasteiger partial charge is 0.324 e. The molecule has 0 saturated heterocycles. The van der Waals surface area contributed by atoms with Gasteiger partial charge < -0.3 is 5.73 Å². The fourth-order valence-electron chi connectivity index (χ4n) is 1.52. The molecule has 0 aliphatic heterocycles. The minimum Gasteiger partial charge on any atom is -0.324 e. The summed E-state index contributed by atoms with van der Waals surface area (Å²) in [5.74, 6) is -0.417. The molecule has 1 atom stereocenters. The zero-order chi connectivity index (χ0) is 11.5. The van der Waals surface area contributed by atoms with Crippen molar-refractivity contribution in [3.8, 4) is 0 Å². The number of rotatable bonds is 3. The van der Waals surface area contributed by atoms with Gasteiger partial charge in [0.15, 0.2) is 0 Å². The third-order valence-electron chi connectivity index (χ3n) is 2.41. The lowest BCUT2D eigenvalue weighted by atomic mass is 10.0. The summed E-state index contributed by atoms with van der Waals surface area (Å²) in [5.41, 5.74) is 7.95. The Bertz CT molecular complexity index is 470. The molecular formula is C12H11ClFNS. The van der Waals surface area contributed by atoms with Crippen molar-refractivity contribution < 1.29 is 4.39 Å². The summed E-state index contributed by atoms with van der Waals surface area (Å²) in [5, 5.41) is 4.18. The molecule has 2 rings (SSSR count). The van der Waals surface area contributed by atoms with E-state index >= 15 is 0 Å². The molecule has 1 unspecified atom stereocenters. The van der Waals surface area contributed by atoms with Crippen molar-refractivity contribution in [3.05, 3.63) is 57.0 Å². The van der Waals surface area contributed by atoms with Gasteiger partial charge in [0.2, 0.25) is 0 Å². The van der Waals surface area contributed by atoms with E-state index in [9.17, 15) is 4.39 Å². The minimum absolute atomic E-state index is 0.131. The van der Waals surface area contributed by atoms with Gasteiger partial charge in [-0.15, -0.1) is 0 Å². The summed E-state index contributed by atoms with van der Waals surface area (Å²) < 4.78 is 13.2. The molecule has 1 aromatic carbocycles. The zero-order valence-electron chi connectivity index (χ0n) is 8.49. The zero-order valence-corrected chi connectivity index (χ0v) is 10.1. The van der Waals surface area contributed by atoms with Gasteiger partial charge in [0.05, 0.1) is 5.02 Å². The van der Waals surface area contributed by atoms with Crippen molar-refractivity contribution in [2.75, 3.05) is 0 Å². The first-order chi connectivity index (χ1) is 7.66. The van der Waals surface area contributed by atoms with Crippen LogP contribution in [0.1, 0.15) is 17.2 Å². The average molecular weight is 256 g/mol. The first-order valence-electron chi connectivity index (χ1n) is 4.88. The maximum absolute atomic E-state index is 13.2. The molecule has 16 heavy (non-hydrogen) atoms. The van der Waals surface area contributed by atoms with Gasteiger partial charge >= 0.3 is 0 Å². The molecule has 4 heteroatoms. The van der Waals surface area contributed by atoms with Gasteiger partial charge in [-0.1, -0.05) is 17.7 Å². The Hall–Kier alpha value is -0.900. The van der Waals surface area contributed by atoms with Crippen molar-refractivity contribution in [2.24, 2.45) is 5.73 Å². The third kappa shape index (κ3) is 2.61. The second kappa shape index (κ2) is 4.95. The van der Waals surface area contributed by atoms with E-state index < -0.39 is 5.82 Å². The van der Waals surface area contributed by atoms with Gasteiger partial charge in [-0.2, -0.15) is 11.3 Å². The molecule has 0 saturated carbocycles. The highest BCUT2D eigenvalue weighted by Gasteiger charge is 2.09. The van der Waals surface area contributed by atoms with Crippen LogP contribution in [0.4, 0.5) is 4.39 Å². The summed E-state index contributed by atoms with van der Waals surface area (Å²) in [6, 6.07) is 6.54. The molecule has 2 aromatic rings. The van der Waals surface area contributed by atoms with E-state index in [4.69, 9.17) is 17.3 Å². The van der Waals surface area contributed by atoms with Crippen LogP contribution in [-0.2, 0) is 6.42 Å². The van der Waals surface area contributed by atoms with Gasteiger partial charge in [0.25, 0.3) is 0 Å². The van der Waals surface area contributed by atoms with Crippen molar-refractivity contribution in [1.82, 2.24) is 0 Å². The Labute approximate surface area is 103 Å². The van der Waals surface area contributed by atoms with Crippen LogP contribution in [0.2, 0.25) is 5.02 Å². The maximum Gasteiger partial charge on any atom is 0.142 e. The van der Waals surface area contributed by atoms with Crippen molar-refractivity contribution in [3.63, 3.8) is 0 Å².